The minimum Gasteiger partial charge on any atom is -0.496 e. The third-order valence-electron chi connectivity index (χ3n) is 5.04. The zero-order valence-corrected chi connectivity index (χ0v) is 16.9. The third kappa shape index (κ3) is 5.15. The molecule has 1 aliphatic rings. The lowest BCUT2D eigenvalue weighted by atomic mass is 9.93. The number of imide groups is 1. The van der Waals surface area contributed by atoms with Gasteiger partial charge in [0.2, 0.25) is 11.8 Å². The Labute approximate surface area is 174 Å². The molecule has 0 spiro atoms. The Kier molecular flexibility index (Phi) is 6.54. The number of ketones is 1. The molecule has 3 rings (SSSR count). The van der Waals surface area contributed by atoms with Gasteiger partial charge in [0.05, 0.1) is 20.1 Å². The average Bonchev–Trinajstić information content (AvgIpc) is 2.82. The molecule has 1 unspecified atom stereocenters. The lowest BCUT2D eigenvalue weighted by Gasteiger charge is -2.23. The van der Waals surface area contributed by atoms with Crippen molar-refractivity contribution in [3.8, 4) is 5.75 Å². The zero-order chi connectivity index (χ0) is 21.0. The van der Waals surface area contributed by atoms with Gasteiger partial charge in [-0.1, -0.05) is 23.7 Å². The van der Waals surface area contributed by atoms with Crippen molar-refractivity contribution in [3.05, 3.63) is 58.6 Å². The van der Waals surface area contributed by atoms with Crippen molar-refractivity contribution in [1.29, 1.82) is 0 Å². The third-order valence-corrected chi connectivity index (χ3v) is 5.27. The van der Waals surface area contributed by atoms with Crippen LogP contribution < -0.4 is 10.5 Å². The highest BCUT2D eigenvalue weighted by Crippen LogP contribution is 2.29. The van der Waals surface area contributed by atoms with Gasteiger partial charge in [-0.15, -0.1) is 0 Å². The molecule has 1 fully saturated rings. The highest BCUT2D eigenvalue weighted by Gasteiger charge is 2.34. The smallest absolute Gasteiger partial charge is 0.234 e. The summed E-state index contributed by atoms with van der Waals surface area (Å²) >= 11 is 6.10. The predicted octanol–water partition coefficient (Wildman–Crippen LogP) is 3.05. The van der Waals surface area contributed by atoms with Crippen LogP contribution in [0.25, 0.3) is 0 Å². The van der Waals surface area contributed by atoms with Gasteiger partial charge in [0, 0.05) is 23.0 Å². The van der Waals surface area contributed by atoms with Crippen LogP contribution in [0.5, 0.6) is 5.75 Å². The van der Waals surface area contributed by atoms with Crippen molar-refractivity contribution in [3.63, 3.8) is 0 Å². The summed E-state index contributed by atoms with van der Waals surface area (Å²) in [7, 11) is 1.55. The first-order valence-electron chi connectivity index (χ1n) is 9.40. The van der Waals surface area contributed by atoms with Crippen molar-refractivity contribution >= 4 is 34.9 Å². The second kappa shape index (κ2) is 9.09. The fourth-order valence-electron chi connectivity index (χ4n) is 3.56. The van der Waals surface area contributed by atoms with Gasteiger partial charge in [-0.05, 0) is 54.3 Å². The number of Topliss-reactive ketones (excluding diaryl/α,β-unsaturated/α-hetero) is 1. The number of ether oxygens (including phenoxy) is 1. The number of halogens is 1. The SMILES string of the molecule is COc1ccc(Cl)cc1CC1CCC(=O)CN(C(=O)Cc2cccc(N)c2)C1=O. The molecule has 0 aliphatic carbocycles. The molecule has 2 aromatic rings. The summed E-state index contributed by atoms with van der Waals surface area (Å²) in [6, 6.07) is 12.1. The summed E-state index contributed by atoms with van der Waals surface area (Å²) in [5.74, 6) is -0.750. The molecular formula is C22H23ClN2O4. The second-order valence-corrected chi connectivity index (χ2v) is 7.61. The van der Waals surface area contributed by atoms with Crippen LogP contribution in [0.1, 0.15) is 24.0 Å². The summed E-state index contributed by atoms with van der Waals surface area (Å²) in [5.41, 5.74) is 7.78. The van der Waals surface area contributed by atoms with E-state index in [2.05, 4.69) is 0 Å². The molecule has 29 heavy (non-hydrogen) atoms. The van der Waals surface area contributed by atoms with E-state index in [1.54, 1.807) is 49.6 Å². The van der Waals surface area contributed by atoms with Crippen LogP contribution in [-0.4, -0.2) is 36.2 Å². The van der Waals surface area contributed by atoms with Gasteiger partial charge in [0.1, 0.15) is 5.75 Å². The van der Waals surface area contributed by atoms with E-state index in [9.17, 15) is 14.4 Å². The van der Waals surface area contributed by atoms with E-state index < -0.39 is 11.8 Å². The number of carbonyl (C=O) groups is 3. The van der Waals surface area contributed by atoms with Gasteiger partial charge in [0.15, 0.2) is 5.78 Å². The summed E-state index contributed by atoms with van der Waals surface area (Å²) in [6.45, 7) is -0.191. The first kappa shape index (κ1) is 20.9. The quantitative estimate of drug-likeness (QED) is 0.759. The van der Waals surface area contributed by atoms with Crippen molar-refractivity contribution in [1.82, 2.24) is 4.90 Å². The van der Waals surface area contributed by atoms with E-state index in [1.165, 1.54) is 0 Å². The largest absolute Gasteiger partial charge is 0.496 e. The summed E-state index contributed by atoms with van der Waals surface area (Å²) < 4.78 is 5.36. The molecule has 6 nitrogen and oxygen atoms in total. The van der Waals surface area contributed by atoms with Crippen molar-refractivity contribution in [2.75, 3.05) is 19.4 Å². The van der Waals surface area contributed by atoms with Crippen molar-refractivity contribution < 1.29 is 19.1 Å². The van der Waals surface area contributed by atoms with Crippen LogP contribution in [0.2, 0.25) is 5.02 Å². The monoisotopic (exact) mass is 414 g/mol. The number of nitrogen functional groups attached to an aromatic ring is 1. The van der Waals surface area contributed by atoms with Crippen LogP contribution in [0.15, 0.2) is 42.5 Å². The number of carbonyl (C=O) groups excluding carboxylic acids is 3. The first-order valence-corrected chi connectivity index (χ1v) is 9.78. The number of nitrogens with two attached hydrogens (primary N) is 1. The molecule has 1 aliphatic heterocycles. The van der Waals surface area contributed by atoms with Crippen LogP contribution in [0.3, 0.4) is 0 Å². The van der Waals surface area contributed by atoms with E-state index >= 15 is 0 Å². The number of anilines is 1. The Morgan fingerprint density at radius 2 is 2.03 bits per heavy atom. The zero-order valence-electron chi connectivity index (χ0n) is 16.2. The first-order chi connectivity index (χ1) is 13.9. The average molecular weight is 415 g/mol. The van der Waals surface area contributed by atoms with E-state index in [0.29, 0.717) is 34.9 Å². The lowest BCUT2D eigenvalue weighted by molar-refractivity contribution is -0.148. The maximum Gasteiger partial charge on any atom is 0.234 e. The summed E-state index contributed by atoms with van der Waals surface area (Å²) in [4.78, 5) is 39.3. The highest BCUT2D eigenvalue weighted by atomic mass is 35.5. The molecule has 2 aromatic carbocycles. The summed E-state index contributed by atoms with van der Waals surface area (Å²) in [5, 5.41) is 0.535. The molecule has 0 radical (unpaired) electrons. The topological polar surface area (TPSA) is 89.7 Å². The predicted molar refractivity (Wildman–Crippen MR) is 111 cm³/mol. The van der Waals surface area contributed by atoms with Gasteiger partial charge in [-0.25, -0.2) is 0 Å². The van der Waals surface area contributed by atoms with Gasteiger partial charge >= 0.3 is 0 Å². The minimum absolute atomic E-state index is 0.0112. The molecule has 2 amide bonds. The van der Waals surface area contributed by atoms with Gasteiger partial charge in [-0.2, -0.15) is 0 Å². The van der Waals surface area contributed by atoms with E-state index in [4.69, 9.17) is 22.1 Å². The maximum atomic E-state index is 13.1. The standard InChI is InChI=1S/C22H23ClN2O4/c1-29-20-8-6-17(23)12-16(20)11-15-5-7-19(26)13-25(22(15)28)21(27)10-14-3-2-4-18(24)9-14/h2-4,6,8-9,12,15H,5,7,10-11,13,24H2,1H3. The molecule has 7 heteroatoms. The molecule has 1 saturated heterocycles. The molecule has 152 valence electrons. The highest BCUT2D eigenvalue weighted by molar-refractivity contribution is 6.30. The Hall–Kier alpha value is -2.86. The van der Waals surface area contributed by atoms with Crippen molar-refractivity contribution in [2.24, 2.45) is 5.92 Å². The fourth-order valence-corrected chi connectivity index (χ4v) is 3.75. The van der Waals surface area contributed by atoms with Gasteiger partial charge in [-0.3, -0.25) is 19.3 Å². The Balaban J connectivity index is 1.81. The van der Waals surface area contributed by atoms with Gasteiger partial charge < -0.3 is 10.5 Å². The molecule has 0 bridgehead atoms. The van der Waals surface area contributed by atoms with Crippen molar-refractivity contribution in [2.45, 2.75) is 25.7 Å². The number of likely N-dealkylation sites (tertiary alicyclic amines) is 1. The van der Waals surface area contributed by atoms with Crippen LogP contribution in [-0.2, 0) is 27.2 Å². The molecule has 1 atom stereocenters. The number of hydrogen-bond donors (Lipinski definition) is 1. The molecule has 0 saturated carbocycles. The molecular weight excluding hydrogens is 392 g/mol. The second-order valence-electron chi connectivity index (χ2n) is 7.17. The normalized spacial score (nSPS) is 17.2. The fraction of sp³-hybridized carbons (Fsp3) is 0.318. The number of benzene rings is 2. The number of rotatable bonds is 5. The maximum absolute atomic E-state index is 13.1. The van der Waals surface area contributed by atoms with E-state index in [-0.39, 0.29) is 31.1 Å². The van der Waals surface area contributed by atoms with Crippen LogP contribution in [0, 0.1) is 5.92 Å². The molecule has 1 heterocycles. The number of hydrogen-bond acceptors (Lipinski definition) is 5. The molecule has 0 aromatic heterocycles. The number of nitrogens with zero attached hydrogens (tertiary/aromatic N) is 1. The Bertz CT molecular complexity index is 944. The van der Waals surface area contributed by atoms with Crippen LogP contribution in [0.4, 0.5) is 5.69 Å². The molecule has 2 N–H and O–H groups in total. The van der Waals surface area contributed by atoms with E-state index in [0.717, 1.165) is 10.5 Å². The Morgan fingerprint density at radius 3 is 2.76 bits per heavy atom. The number of methoxy groups -OCH3 is 1. The minimum atomic E-state index is -0.501. The number of amides is 2. The van der Waals surface area contributed by atoms with E-state index in [1.807, 2.05) is 0 Å². The Morgan fingerprint density at radius 1 is 1.24 bits per heavy atom. The van der Waals surface area contributed by atoms with Gasteiger partial charge in [0.25, 0.3) is 0 Å². The summed E-state index contributed by atoms with van der Waals surface area (Å²) in [6.07, 6.45) is 0.992. The lowest BCUT2D eigenvalue weighted by Crippen LogP contribution is -2.42. The van der Waals surface area contributed by atoms with Crippen LogP contribution >= 0.6 is 11.6 Å².